The molecular formula is C20H24ClN3O4. The van der Waals surface area contributed by atoms with Crippen LogP contribution in [-0.4, -0.2) is 60.4 Å². The highest BCUT2D eigenvalue weighted by molar-refractivity contribution is 6.30. The van der Waals surface area contributed by atoms with Gasteiger partial charge in [0.25, 0.3) is 5.69 Å². The van der Waals surface area contributed by atoms with Gasteiger partial charge in [0.05, 0.1) is 4.92 Å². The molecule has 0 aromatic heterocycles. The van der Waals surface area contributed by atoms with Crippen LogP contribution in [0.4, 0.5) is 11.4 Å². The molecule has 1 N–H and O–H groups in total. The van der Waals surface area contributed by atoms with Gasteiger partial charge in [-0.1, -0.05) is 17.7 Å². The molecule has 0 bridgehead atoms. The maximum Gasteiger partial charge on any atom is 0.269 e. The first-order chi connectivity index (χ1) is 13.4. The summed E-state index contributed by atoms with van der Waals surface area (Å²) in [6.45, 7) is 6.19. The molecule has 150 valence electrons. The molecule has 0 unspecified atom stereocenters. The molecule has 0 radical (unpaired) electrons. The molecule has 0 saturated carbocycles. The van der Waals surface area contributed by atoms with Gasteiger partial charge in [-0.3, -0.25) is 15.0 Å². The molecule has 7 nitrogen and oxygen atoms in total. The van der Waals surface area contributed by atoms with Gasteiger partial charge in [-0.2, -0.15) is 0 Å². The van der Waals surface area contributed by atoms with Crippen molar-refractivity contribution in [3.05, 3.63) is 63.2 Å². The zero-order valence-electron chi connectivity index (χ0n) is 15.8. The number of nitro groups is 1. The van der Waals surface area contributed by atoms with Crippen LogP contribution in [0.1, 0.15) is 5.56 Å². The molecule has 0 aliphatic carbocycles. The van der Waals surface area contributed by atoms with Crippen molar-refractivity contribution in [2.75, 3.05) is 44.2 Å². The molecule has 1 aliphatic heterocycles. The molecule has 2 aromatic carbocycles. The fraction of sp³-hybridized carbons (Fsp3) is 0.400. The zero-order valence-corrected chi connectivity index (χ0v) is 16.5. The normalized spacial score (nSPS) is 16.0. The van der Waals surface area contributed by atoms with Gasteiger partial charge < -0.3 is 14.7 Å². The molecule has 8 heteroatoms. The molecule has 1 heterocycles. The lowest BCUT2D eigenvalue weighted by atomic mass is 10.1. The van der Waals surface area contributed by atoms with Crippen molar-refractivity contribution < 1.29 is 14.8 Å². The first-order valence-electron chi connectivity index (χ1n) is 9.21. The number of hydrogen-bond acceptors (Lipinski definition) is 6. The van der Waals surface area contributed by atoms with Crippen LogP contribution >= 0.6 is 11.6 Å². The van der Waals surface area contributed by atoms with Crippen molar-refractivity contribution in [1.29, 1.82) is 0 Å². The Bertz CT molecular complexity index is 808. The monoisotopic (exact) mass is 405 g/mol. The van der Waals surface area contributed by atoms with Gasteiger partial charge in [0, 0.05) is 55.6 Å². The number of benzene rings is 2. The van der Waals surface area contributed by atoms with Crippen molar-refractivity contribution in [2.45, 2.75) is 13.0 Å². The topological polar surface area (TPSA) is 79.1 Å². The predicted octanol–water partition coefficient (Wildman–Crippen LogP) is 3.12. The Hall–Kier alpha value is -2.35. The van der Waals surface area contributed by atoms with E-state index in [1.807, 2.05) is 18.2 Å². The highest BCUT2D eigenvalue weighted by Gasteiger charge is 2.21. The molecule has 0 amide bonds. The number of rotatable bonds is 7. The van der Waals surface area contributed by atoms with Crippen LogP contribution in [0.25, 0.3) is 0 Å². The van der Waals surface area contributed by atoms with E-state index in [0.717, 1.165) is 36.9 Å². The lowest BCUT2D eigenvalue weighted by molar-refractivity contribution is -0.384. The summed E-state index contributed by atoms with van der Waals surface area (Å²) >= 11 is 6.13. The second-order valence-electron chi connectivity index (χ2n) is 6.93. The number of anilines is 1. The maximum absolute atomic E-state index is 10.7. The van der Waals surface area contributed by atoms with Crippen LogP contribution in [0.15, 0.2) is 42.5 Å². The van der Waals surface area contributed by atoms with Gasteiger partial charge in [0.15, 0.2) is 0 Å². The number of aliphatic hydroxyl groups excluding tert-OH is 1. The maximum atomic E-state index is 10.7. The first-order valence-corrected chi connectivity index (χ1v) is 9.59. The molecule has 1 atom stereocenters. The first kappa shape index (κ1) is 20.4. The number of ether oxygens (including phenoxy) is 1. The van der Waals surface area contributed by atoms with E-state index in [1.165, 1.54) is 29.8 Å². The fourth-order valence-electron chi connectivity index (χ4n) is 3.30. The number of aliphatic hydroxyl groups is 1. The summed E-state index contributed by atoms with van der Waals surface area (Å²) < 4.78 is 5.54. The van der Waals surface area contributed by atoms with Crippen LogP contribution < -0.4 is 9.64 Å². The van der Waals surface area contributed by atoms with E-state index in [-0.39, 0.29) is 12.3 Å². The highest BCUT2D eigenvalue weighted by atomic mass is 35.5. The number of nitro benzene ring substituents is 1. The van der Waals surface area contributed by atoms with Gasteiger partial charge in [-0.15, -0.1) is 0 Å². The van der Waals surface area contributed by atoms with Crippen LogP contribution in [0.3, 0.4) is 0 Å². The average Bonchev–Trinajstić information content (AvgIpc) is 2.69. The van der Waals surface area contributed by atoms with E-state index in [4.69, 9.17) is 16.3 Å². The average molecular weight is 406 g/mol. The number of non-ortho nitro benzene ring substituents is 1. The van der Waals surface area contributed by atoms with Gasteiger partial charge >= 0.3 is 0 Å². The summed E-state index contributed by atoms with van der Waals surface area (Å²) in [4.78, 5) is 14.7. The molecule has 0 spiro atoms. The summed E-state index contributed by atoms with van der Waals surface area (Å²) in [5.41, 5.74) is 2.38. The molecule has 1 aliphatic rings. The van der Waals surface area contributed by atoms with Gasteiger partial charge in [-0.25, -0.2) is 0 Å². The van der Waals surface area contributed by atoms with E-state index in [0.29, 0.717) is 12.3 Å². The highest BCUT2D eigenvalue weighted by Crippen LogP contribution is 2.25. The SMILES string of the molecule is Cc1ccc(Cl)cc1N1CCN(C[C@H](O)COc2ccc([N+](=O)[O-])cc2)CC1. The van der Waals surface area contributed by atoms with Crippen LogP contribution in [0.5, 0.6) is 5.75 Å². The smallest absolute Gasteiger partial charge is 0.269 e. The minimum absolute atomic E-state index is 0.0145. The number of aryl methyl sites for hydroxylation is 1. The third-order valence-electron chi connectivity index (χ3n) is 4.84. The van der Waals surface area contributed by atoms with Crippen LogP contribution in [0.2, 0.25) is 5.02 Å². The van der Waals surface area contributed by atoms with Crippen molar-refractivity contribution in [3.8, 4) is 5.75 Å². The van der Waals surface area contributed by atoms with E-state index in [2.05, 4.69) is 16.7 Å². The Balaban J connectivity index is 1.44. The molecule has 3 rings (SSSR count). The Morgan fingerprint density at radius 3 is 2.50 bits per heavy atom. The lowest BCUT2D eigenvalue weighted by Gasteiger charge is -2.37. The minimum atomic E-state index is -0.630. The summed E-state index contributed by atoms with van der Waals surface area (Å²) in [6, 6.07) is 11.8. The quantitative estimate of drug-likeness (QED) is 0.563. The molecule has 28 heavy (non-hydrogen) atoms. The number of β-amino-alcohol motifs (C(OH)–C–C–N with tert-alkyl or cyclic N) is 1. The lowest BCUT2D eigenvalue weighted by Crippen LogP contribution is -2.49. The Morgan fingerprint density at radius 1 is 1.18 bits per heavy atom. The molecule has 2 aromatic rings. The second-order valence-corrected chi connectivity index (χ2v) is 7.37. The standard InChI is InChI=1S/C20H24ClN3O4/c1-15-2-3-16(21)12-20(15)23-10-8-22(9-11-23)13-18(25)14-28-19-6-4-17(5-7-19)24(26)27/h2-7,12,18,25H,8-11,13-14H2,1H3/t18-/m0/s1. The Morgan fingerprint density at radius 2 is 1.86 bits per heavy atom. The van der Waals surface area contributed by atoms with Crippen molar-refractivity contribution in [3.63, 3.8) is 0 Å². The van der Waals surface area contributed by atoms with Gasteiger partial charge in [0.2, 0.25) is 0 Å². The third-order valence-corrected chi connectivity index (χ3v) is 5.08. The van der Waals surface area contributed by atoms with Gasteiger partial charge in [-0.05, 0) is 36.8 Å². The summed E-state index contributed by atoms with van der Waals surface area (Å²) in [6.07, 6.45) is -0.630. The van der Waals surface area contributed by atoms with E-state index in [1.54, 1.807) is 0 Å². The van der Waals surface area contributed by atoms with E-state index in [9.17, 15) is 15.2 Å². The Kier molecular flexibility index (Phi) is 6.72. The number of halogens is 1. The van der Waals surface area contributed by atoms with E-state index < -0.39 is 11.0 Å². The minimum Gasteiger partial charge on any atom is -0.491 e. The van der Waals surface area contributed by atoms with Crippen molar-refractivity contribution in [1.82, 2.24) is 4.90 Å². The number of hydrogen-bond donors (Lipinski definition) is 1. The second kappa shape index (κ2) is 9.23. The fourth-order valence-corrected chi connectivity index (χ4v) is 3.47. The van der Waals surface area contributed by atoms with Gasteiger partial charge in [0.1, 0.15) is 18.5 Å². The number of nitrogens with zero attached hydrogens (tertiary/aromatic N) is 3. The summed E-state index contributed by atoms with van der Waals surface area (Å²) in [5, 5.41) is 21.7. The molecular weight excluding hydrogens is 382 g/mol. The largest absolute Gasteiger partial charge is 0.491 e. The van der Waals surface area contributed by atoms with Crippen LogP contribution in [-0.2, 0) is 0 Å². The van der Waals surface area contributed by atoms with E-state index >= 15 is 0 Å². The Labute approximate surface area is 169 Å². The summed E-state index contributed by atoms with van der Waals surface area (Å²) in [5.74, 6) is 0.505. The zero-order chi connectivity index (χ0) is 20.1. The van der Waals surface area contributed by atoms with Crippen LogP contribution in [0, 0.1) is 17.0 Å². The third kappa shape index (κ3) is 5.34. The molecule has 1 fully saturated rings. The van der Waals surface area contributed by atoms with Crippen molar-refractivity contribution in [2.24, 2.45) is 0 Å². The van der Waals surface area contributed by atoms with Crippen molar-refractivity contribution >= 4 is 23.0 Å². The molecule has 1 saturated heterocycles. The summed E-state index contributed by atoms with van der Waals surface area (Å²) in [7, 11) is 0. The predicted molar refractivity (Wildman–Crippen MR) is 109 cm³/mol. The number of piperazine rings is 1.